The van der Waals surface area contributed by atoms with Crippen LogP contribution in [0.2, 0.25) is 0 Å². The standard InChI is InChI=1S/C28H30N2O/c1-23-13-15-25(16-14-23)21-30-17-7-11-27(30)22-29(19-24-8-4-3-5-9-24)20-26-10-6-12-28(18-26)31-2/h3-18H,19-22H2,1-2H3. The number of aryl methyl sites for hydroxylation is 1. The Morgan fingerprint density at radius 2 is 1.45 bits per heavy atom. The maximum atomic E-state index is 5.43. The lowest BCUT2D eigenvalue weighted by atomic mass is 10.1. The van der Waals surface area contributed by atoms with Crippen LogP contribution in [0.15, 0.2) is 97.2 Å². The lowest BCUT2D eigenvalue weighted by Gasteiger charge is -2.24. The fraction of sp³-hybridized carbons (Fsp3) is 0.214. The van der Waals surface area contributed by atoms with Crippen molar-refractivity contribution in [1.29, 1.82) is 0 Å². The largest absolute Gasteiger partial charge is 0.497 e. The molecule has 0 unspecified atom stereocenters. The van der Waals surface area contributed by atoms with E-state index in [-0.39, 0.29) is 0 Å². The molecule has 0 spiro atoms. The quantitative estimate of drug-likeness (QED) is 0.334. The lowest BCUT2D eigenvalue weighted by molar-refractivity contribution is 0.241. The molecule has 3 nitrogen and oxygen atoms in total. The molecule has 4 aromatic rings. The summed E-state index contributed by atoms with van der Waals surface area (Å²) in [6, 6.07) is 32.2. The van der Waals surface area contributed by atoms with Gasteiger partial charge in [-0.05, 0) is 47.9 Å². The van der Waals surface area contributed by atoms with Gasteiger partial charge < -0.3 is 9.30 Å². The highest BCUT2D eigenvalue weighted by Crippen LogP contribution is 2.19. The number of rotatable bonds is 9. The highest BCUT2D eigenvalue weighted by molar-refractivity contribution is 5.29. The fourth-order valence-corrected chi connectivity index (χ4v) is 3.90. The van der Waals surface area contributed by atoms with Crippen molar-refractivity contribution >= 4 is 0 Å². The van der Waals surface area contributed by atoms with Crippen LogP contribution in [0.4, 0.5) is 0 Å². The predicted molar refractivity (Wildman–Crippen MR) is 127 cm³/mol. The molecule has 0 N–H and O–H groups in total. The van der Waals surface area contributed by atoms with Gasteiger partial charge >= 0.3 is 0 Å². The average Bonchev–Trinajstić information content (AvgIpc) is 3.22. The minimum atomic E-state index is 0.863. The summed E-state index contributed by atoms with van der Waals surface area (Å²) in [5.41, 5.74) is 6.52. The second kappa shape index (κ2) is 10.1. The van der Waals surface area contributed by atoms with Crippen LogP contribution in [-0.2, 0) is 26.2 Å². The number of methoxy groups -OCH3 is 1. The van der Waals surface area contributed by atoms with Gasteiger partial charge in [0.25, 0.3) is 0 Å². The van der Waals surface area contributed by atoms with E-state index in [1.165, 1.54) is 27.9 Å². The van der Waals surface area contributed by atoms with Crippen LogP contribution in [0.25, 0.3) is 0 Å². The molecule has 0 atom stereocenters. The Hall–Kier alpha value is -3.30. The van der Waals surface area contributed by atoms with Crippen LogP contribution in [0.1, 0.15) is 27.9 Å². The lowest BCUT2D eigenvalue weighted by Crippen LogP contribution is -2.24. The van der Waals surface area contributed by atoms with Crippen molar-refractivity contribution in [3.63, 3.8) is 0 Å². The third kappa shape index (κ3) is 5.87. The molecule has 0 bridgehead atoms. The summed E-state index contributed by atoms with van der Waals surface area (Å²) in [5, 5.41) is 0. The van der Waals surface area contributed by atoms with Gasteiger partial charge in [0, 0.05) is 38.1 Å². The van der Waals surface area contributed by atoms with Crippen molar-refractivity contribution in [1.82, 2.24) is 9.47 Å². The Bertz CT molecular complexity index is 1080. The van der Waals surface area contributed by atoms with E-state index in [1.807, 2.05) is 6.07 Å². The third-order valence-corrected chi connectivity index (χ3v) is 5.57. The van der Waals surface area contributed by atoms with Crippen LogP contribution in [0.5, 0.6) is 5.75 Å². The van der Waals surface area contributed by atoms with Gasteiger partial charge in [-0.3, -0.25) is 4.90 Å². The Labute approximate surface area is 185 Å². The van der Waals surface area contributed by atoms with Crippen molar-refractivity contribution < 1.29 is 4.74 Å². The highest BCUT2D eigenvalue weighted by atomic mass is 16.5. The van der Waals surface area contributed by atoms with Crippen LogP contribution in [0.3, 0.4) is 0 Å². The molecule has 3 aromatic carbocycles. The van der Waals surface area contributed by atoms with Crippen LogP contribution in [-0.4, -0.2) is 16.6 Å². The SMILES string of the molecule is COc1cccc(CN(Cc2ccccc2)Cc2cccn2Cc2ccc(C)cc2)c1. The second-order valence-electron chi connectivity index (χ2n) is 8.10. The van der Waals surface area contributed by atoms with Gasteiger partial charge in [-0.15, -0.1) is 0 Å². The number of nitrogens with zero attached hydrogens (tertiary/aromatic N) is 2. The first kappa shape index (κ1) is 21.0. The summed E-state index contributed by atoms with van der Waals surface area (Å²) < 4.78 is 7.79. The second-order valence-corrected chi connectivity index (χ2v) is 8.10. The first-order valence-corrected chi connectivity index (χ1v) is 10.8. The molecule has 3 heteroatoms. The van der Waals surface area contributed by atoms with E-state index in [0.29, 0.717) is 0 Å². The van der Waals surface area contributed by atoms with Gasteiger partial charge in [0.15, 0.2) is 0 Å². The first-order chi connectivity index (χ1) is 15.2. The molecule has 0 amide bonds. The minimum Gasteiger partial charge on any atom is -0.497 e. The number of hydrogen-bond acceptors (Lipinski definition) is 2. The third-order valence-electron chi connectivity index (χ3n) is 5.57. The molecular weight excluding hydrogens is 380 g/mol. The Kier molecular flexibility index (Phi) is 6.85. The number of aromatic nitrogens is 1. The molecule has 0 radical (unpaired) electrons. The van der Waals surface area contributed by atoms with Gasteiger partial charge in [-0.2, -0.15) is 0 Å². The molecule has 1 heterocycles. The van der Waals surface area contributed by atoms with Gasteiger partial charge in [0.05, 0.1) is 7.11 Å². The molecule has 4 rings (SSSR count). The summed E-state index contributed by atoms with van der Waals surface area (Å²) in [5.74, 6) is 0.903. The molecule has 0 saturated carbocycles. The van der Waals surface area contributed by atoms with Crippen molar-refractivity contribution in [2.75, 3.05) is 7.11 Å². The Morgan fingerprint density at radius 1 is 0.710 bits per heavy atom. The van der Waals surface area contributed by atoms with Crippen molar-refractivity contribution in [2.24, 2.45) is 0 Å². The van der Waals surface area contributed by atoms with Crippen molar-refractivity contribution in [3.05, 3.63) is 125 Å². The molecule has 0 aliphatic rings. The van der Waals surface area contributed by atoms with Gasteiger partial charge in [0.2, 0.25) is 0 Å². The zero-order valence-corrected chi connectivity index (χ0v) is 18.4. The monoisotopic (exact) mass is 410 g/mol. The number of ether oxygens (including phenoxy) is 1. The van der Waals surface area contributed by atoms with E-state index in [0.717, 1.165) is 31.9 Å². The smallest absolute Gasteiger partial charge is 0.119 e. The molecule has 0 aliphatic heterocycles. The first-order valence-electron chi connectivity index (χ1n) is 10.8. The van der Waals surface area contributed by atoms with Crippen LogP contribution >= 0.6 is 0 Å². The molecule has 0 saturated heterocycles. The summed E-state index contributed by atoms with van der Waals surface area (Å²) >= 11 is 0. The average molecular weight is 411 g/mol. The van der Waals surface area contributed by atoms with Crippen molar-refractivity contribution in [2.45, 2.75) is 33.1 Å². The van der Waals surface area contributed by atoms with E-state index in [1.54, 1.807) is 7.11 Å². The molecule has 31 heavy (non-hydrogen) atoms. The maximum absolute atomic E-state index is 5.43. The van der Waals surface area contributed by atoms with E-state index in [4.69, 9.17) is 4.74 Å². The zero-order valence-electron chi connectivity index (χ0n) is 18.4. The van der Waals surface area contributed by atoms with Crippen LogP contribution < -0.4 is 4.74 Å². The summed E-state index contributed by atoms with van der Waals surface area (Å²) in [4.78, 5) is 2.49. The molecule has 0 fully saturated rings. The molecule has 158 valence electrons. The normalized spacial score (nSPS) is 11.1. The Morgan fingerprint density at radius 3 is 2.23 bits per heavy atom. The van der Waals surface area contributed by atoms with E-state index < -0.39 is 0 Å². The summed E-state index contributed by atoms with van der Waals surface area (Å²) in [6.07, 6.45) is 2.18. The van der Waals surface area contributed by atoms with E-state index in [2.05, 4.69) is 108 Å². The zero-order chi connectivity index (χ0) is 21.5. The summed E-state index contributed by atoms with van der Waals surface area (Å²) in [6.45, 7) is 5.66. The fourth-order valence-electron chi connectivity index (χ4n) is 3.90. The van der Waals surface area contributed by atoms with Gasteiger partial charge in [0.1, 0.15) is 5.75 Å². The topological polar surface area (TPSA) is 17.4 Å². The molecule has 1 aromatic heterocycles. The maximum Gasteiger partial charge on any atom is 0.119 e. The summed E-state index contributed by atoms with van der Waals surface area (Å²) in [7, 11) is 1.72. The molecular formula is C28H30N2O. The van der Waals surface area contributed by atoms with Crippen molar-refractivity contribution in [3.8, 4) is 5.75 Å². The number of benzene rings is 3. The number of hydrogen-bond donors (Lipinski definition) is 0. The highest BCUT2D eigenvalue weighted by Gasteiger charge is 2.12. The minimum absolute atomic E-state index is 0.863. The van der Waals surface area contributed by atoms with E-state index in [9.17, 15) is 0 Å². The Balaban J connectivity index is 1.54. The van der Waals surface area contributed by atoms with Crippen LogP contribution in [0, 0.1) is 6.92 Å². The molecule has 0 aliphatic carbocycles. The van der Waals surface area contributed by atoms with Gasteiger partial charge in [-0.25, -0.2) is 0 Å². The van der Waals surface area contributed by atoms with E-state index >= 15 is 0 Å². The predicted octanol–water partition coefficient (Wildman–Crippen LogP) is 6.06. The van der Waals surface area contributed by atoms with Gasteiger partial charge in [-0.1, -0.05) is 72.3 Å².